The maximum absolute atomic E-state index is 12.3. The summed E-state index contributed by atoms with van der Waals surface area (Å²) in [6, 6.07) is 1.31. The van der Waals surface area contributed by atoms with Gasteiger partial charge < -0.3 is 25.4 Å². The Bertz CT molecular complexity index is 571. The normalized spacial score (nSPS) is 10.6. The van der Waals surface area contributed by atoms with Gasteiger partial charge in [-0.1, -0.05) is 13.3 Å². The van der Waals surface area contributed by atoms with Crippen LogP contribution in [0.25, 0.3) is 0 Å². The standard InChI is InChI=1S/C15H25N3O5/c1-4-6-7-23-14-12(19)8-11(9-22-10-21-3)18(16)13(14)15(20)17-5-2/h8H,4-7,9-10,16H2,1-3H3,(H,17,20). The minimum atomic E-state index is -0.466. The van der Waals surface area contributed by atoms with Gasteiger partial charge in [-0.05, 0) is 13.3 Å². The molecule has 1 rings (SSSR count). The van der Waals surface area contributed by atoms with Gasteiger partial charge in [0.2, 0.25) is 5.43 Å². The highest BCUT2D eigenvalue weighted by molar-refractivity contribution is 5.95. The molecule has 0 saturated heterocycles. The lowest BCUT2D eigenvalue weighted by molar-refractivity contribution is -0.0407. The summed E-state index contributed by atoms with van der Waals surface area (Å²) in [6.07, 6.45) is 1.69. The monoisotopic (exact) mass is 327 g/mol. The Morgan fingerprint density at radius 1 is 1.39 bits per heavy atom. The van der Waals surface area contributed by atoms with E-state index in [1.807, 2.05) is 6.92 Å². The second kappa shape index (κ2) is 9.86. The van der Waals surface area contributed by atoms with Crippen molar-refractivity contribution in [3.63, 3.8) is 0 Å². The first-order valence-electron chi connectivity index (χ1n) is 7.58. The molecule has 0 atom stereocenters. The van der Waals surface area contributed by atoms with Crippen molar-refractivity contribution in [2.75, 3.05) is 32.9 Å². The molecule has 0 spiro atoms. The Morgan fingerprint density at radius 3 is 2.74 bits per heavy atom. The number of hydrogen-bond acceptors (Lipinski definition) is 6. The Morgan fingerprint density at radius 2 is 2.13 bits per heavy atom. The molecule has 0 aromatic carbocycles. The third-order valence-corrected chi connectivity index (χ3v) is 3.03. The first-order valence-corrected chi connectivity index (χ1v) is 7.58. The SMILES string of the molecule is CCCCOc1c(C(=O)NCC)n(N)c(COCOC)cc1=O. The molecule has 8 heteroatoms. The first-order chi connectivity index (χ1) is 11.1. The number of methoxy groups -OCH3 is 1. The largest absolute Gasteiger partial charge is 0.487 e. The molecular weight excluding hydrogens is 302 g/mol. The number of unbranched alkanes of at least 4 members (excludes halogenated alkanes) is 1. The first kappa shape index (κ1) is 19.0. The summed E-state index contributed by atoms with van der Waals surface area (Å²) in [6.45, 7) is 4.63. The second-order valence-corrected chi connectivity index (χ2v) is 4.86. The maximum atomic E-state index is 12.3. The quantitative estimate of drug-likeness (QED) is 0.371. The predicted octanol–water partition coefficient (Wildman–Crippen LogP) is 0.611. The van der Waals surface area contributed by atoms with Crippen molar-refractivity contribution in [3.8, 4) is 5.75 Å². The van der Waals surface area contributed by atoms with Crippen LogP contribution in [0.3, 0.4) is 0 Å². The average molecular weight is 327 g/mol. The van der Waals surface area contributed by atoms with Gasteiger partial charge in [0.15, 0.2) is 11.4 Å². The van der Waals surface area contributed by atoms with Gasteiger partial charge in [0, 0.05) is 19.7 Å². The molecule has 1 aromatic rings. The van der Waals surface area contributed by atoms with Crippen molar-refractivity contribution >= 4 is 5.91 Å². The number of nitrogens with zero attached hydrogens (tertiary/aromatic N) is 1. The van der Waals surface area contributed by atoms with E-state index < -0.39 is 11.3 Å². The fourth-order valence-corrected chi connectivity index (χ4v) is 1.91. The minimum Gasteiger partial charge on any atom is -0.487 e. The van der Waals surface area contributed by atoms with Crippen LogP contribution >= 0.6 is 0 Å². The fraction of sp³-hybridized carbons (Fsp3) is 0.600. The van der Waals surface area contributed by atoms with E-state index in [0.717, 1.165) is 17.5 Å². The lowest BCUT2D eigenvalue weighted by Crippen LogP contribution is -2.34. The molecule has 1 amide bonds. The van der Waals surface area contributed by atoms with Crippen LogP contribution in [0, 0.1) is 0 Å². The van der Waals surface area contributed by atoms with Crippen molar-refractivity contribution < 1.29 is 19.0 Å². The number of carbonyl (C=O) groups excluding carboxylic acids is 1. The number of rotatable bonds is 10. The van der Waals surface area contributed by atoms with Crippen LogP contribution in [-0.4, -0.2) is 37.6 Å². The van der Waals surface area contributed by atoms with E-state index in [1.165, 1.54) is 13.2 Å². The number of hydrogen-bond donors (Lipinski definition) is 2. The van der Waals surface area contributed by atoms with E-state index in [1.54, 1.807) is 6.92 Å². The van der Waals surface area contributed by atoms with Crippen molar-refractivity contribution in [2.24, 2.45) is 0 Å². The highest BCUT2D eigenvalue weighted by atomic mass is 16.7. The van der Waals surface area contributed by atoms with Gasteiger partial charge in [0.05, 0.1) is 18.9 Å². The molecule has 130 valence electrons. The summed E-state index contributed by atoms with van der Waals surface area (Å²) in [7, 11) is 1.49. The molecule has 8 nitrogen and oxygen atoms in total. The number of carbonyl (C=O) groups is 1. The Hall–Kier alpha value is -2.06. The summed E-state index contributed by atoms with van der Waals surface area (Å²) < 4.78 is 16.6. The summed E-state index contributed by atoms with van der Waals surface area (Å²) >= 11 is 0. The number of ether oxygens (including phenoxy) is 3. The van der Waals surface area contributed by atoms with E-state index in [2.05, 4.69) is 5.32 Å². The lowest BCUT2D eigenvalue weighted by atomic mass is 10.2. The van der Waals surface area contributed by atoms with Crippen LogP contribution in [0.1, 0.15) is 42.9 Å². The average Bonchev–Trinajstić information content (AvgIpc) is 2.52. The molecule has 0 aliphatic rings. The van der Waals surface area contributed by atoms with Crippen LogP contribution in [0.2, 0.25) is 0 Å². The zero-order valence-electron chi connectivity index (χ0n) is 13.9. The van der Waals surface area contributed by atoms with Crippen molar-refractivity contribution in [3.05, 3.63) is 27.7 Å². The highest BCUT2D eigenvalue weighted by Gasteiger charge is 2.21. The van der Waals surface area contributed by atoms with Crippen LogP contribution in [0.4, 0.5) is 0 Å². The number of aromatic nitrogens is 1. The molecular formula is C15H25N3O5. The number of nitrogens with one attached hydrogen (secondary N) is 1. The predicted molar refractivity (Wildman–Crippen MR) is 85.9 cm³/mol. The van der Waals surface area contributed by atoms with E-state index in [-0.39, 0.29) is 24.8 Å². The number of nitrogens with two attached hydrogens (primary N) is 1. The van der Waals surface area contributed by atoms with Gasteiger partial charge in [-0.15, -0.1) is 0 Å². The van der Waals surface area contributed by atoms with E-state index in [9.17, 15) is 9.59 Å². The third-order valence-electron chi connectivity index (χ3n) is 3.03. The van der Waals surface area contributed by atoms with E-state index >= 15 is 0 Å². The summed E-state index contributed by atoms with van der Waals surface area (Å²) in [5.74, 6) is 5.48. The van der Waals surface area contributed by atoms with Gasteiger partial charge in [-0.3, -0.25) is 14.3 Å². The summed E-state index contributed by atoms with van der Waals surface area (Å²) in [5.41, 5.74) is -0.0531. The number of pyridine rings is 1. The molecule has 0 fully saturated rings. The Kier molecular flexibility index (Phi) is 8.14. The molecule has 0 aliphatic carbocycles. The Balaban J connectivity index is 3.19. The molecule has 0 unspecified atom stereocenters. The molecule has 23 heavy (non-hydrogen) atoms. The van der Waals surface area contributed by atoms with Gasteiger partial charge in [0.1, 0.15) is 6.79 Å². The van der Waals surface area contributed by atoms with E-state index in [0.29, 0.717) is 18.8 Å². The molecule has 0 saturated carbocycles. The van der Waals surface area contributed by atoms with Crippen LogP contribution in [-0.2, 0) is 16.1 Å². The molecule has 0 aliphatic heterocycles. The Labute approximate surface area is 135 Å². The molecule has 1 aromatic heterocycles. The van der Waals surface area contributed by atoms with Crippen molar-refractivity contribution in [2.45, 2.75) is 33.3 Å². The van der Waals surface area contributed by atoms with Crippen molar-refractivity contribution in [1.29, 1.82) is 0 Å². The molecule has 0 radical (unpaired) electrons. The van der Waals surface area contributed by atoms with Crippen LogP contribution in [0.15, 0.2) is 10.9 Å². The highest BCUT2D eigenvalue weighted by Crippen LogP contribution is 2.15. The third kappa shape index (κ3) is 5.26. The topological polar surface area (TPSA) is 105 Å². The molecule has 1 heterocycles. The summed E-state index contributed by atoms with van der Waals surface area (Å²) in [4.78, 5) is 24.5. The second-order valence-electron chi connectivity index (χ2n) is 4.86. The maximum Gasteiger partial charge on any atom is 0.273 e. The van der Waals surface area contributed by atoms with E-state index in [4.69, 9.17) is 20.1 Å². The fourth-order valence-electron chi connectivity index (χ4n) is 1.91. The molecule has 0 bridgehead atoms. The number of amides is 1. The van der Waals surface area contributed by atoms with Gasteiger partial charge >= 0.3 is 0 Å². The van der Waals surface area contributed by atoms with Gasteiger partial charge in [0.25, 0.3) is 5.91 Å². The molecule has 3 N–H and O–H groups in total. The van der Waals surface area contributed by atoms with Gasteiger partial charge in [-0.2, -0.15) is 0 Å². The van der Waals surface area contributed by atoms with Crippen molar-refractivity contribution in [1.82, 2.24) is 9.99 Å². The smallest absolute Gasteiger partial charge is 0.273 e. The summed E-state index contributed by atoms with van der Waals surface area (Å²) in [5, 5.41) is 2.63. The minimum absolute atomic E-state index is 0.00790. The van der Waals surface area contributed by atoms with Crippen LogP contribution < -0.4 is 21.3 Å². The van der Waals surface area contributed by atoms with Crippen LogP contribution in [0.5, 0.6) is 5.75 Å². The zero-order chi connectivity index (χ0) is 17.2. The van der Waals surface area contributed by atoms with Gasteiger partial charge in [-0.25, -0.2) is 0 Å². The zero-order valence-corrected chi connectivity index (χ0v) is 13.9. The lowest BCUT2D eigenvalue weighted by Gasteiger charge is -2.17. The number of nitrogen functional groups attached to an aromatic ring is 1.